The zero-order chi connectivity index (χ0) is 14.5. The molecule has 0 spiro atoms. The van der Waals surface area contributed by atoms with Gasteiger partial charge in [-0.15, -0.1) is 0 Å². The highest BCUT2D eigenvalue weighted by Crippen LogP contribution is 2.34. The molecule has 1 saturated heterocycles. The van der Waals surface area contributed by atoms with Gasteiger partial charge in [-0.25, -0.2) is 0 Å². The van der Waals surface area contributed by atoms with Crippen molar-refractivity contribution >= 4 is 17.1 Å². The first kappa shape index (κ1) is 14.6. The first-order valence-corrected chi connectivity index (χ1v) is 6.93. The zero-order valence-electron chi connectivity index (χ0n) is 11.9. The monoisotopic (exact) mass is 279 g/mol. The molecule has 0 amide bonds. The highest BCUT2D eigenvalue weighted by atomic mass is 16.6. The Morgan fingerprint density at radius 2 is 2.00 bits per heavy atom. The minimum atomic E-state index is -0.342. The van der Waals surface area contributed by atoms with Crippen LogP contribution in [0.25, 0.3) is 0 Å². The fraction of sp³-hybridized carbons (Fsp3) is 0.571. The molecule has 1 aromatic rings. The normalized spacial score (nSPS) is 17.5. The number of nitro benzene ring substituents is 1. The van der Waals surface area contributed by atoms with Gasteiger partial charge in [-0.05, 0) is 37.8 Å². The Morgan fingerprint density at radius 3 is 2.60 bits per heavy atom. The second-order valence-corrected chi connectivity index (χ2v) is 5.09. The third kappa shape index (κ3) is 3.19. The summed E-state index contributed by atoms with van der Waals surface area (Å²) in [5.74, 6) is 0.488. The van der Waals surface area contributed by atoms with E-state index in [0.717, 1.165) is 26.1 Å². The van der Waals surface area contributed by atoms with Crippen molar-refractivity contribution in [3.05, 3.63) is 28.3 Å². The molecule has 0 bridgehead atoms. The van der Waals surface area contributed by atoms with Crippen LogP contribution in [0.5, 0.6) is 0 Å². The fourth-order valence-electron chi connectivity index (χ4n) is 2.64. The van der Waals surface area contributed by atoms with E-state index in [1.165, 1.54) is 0 Å². The maximum Gasteiger partial charge on any atom is 0.315 e. The molecule has 1 atom stereocenters. The second-order valence-electron chi connectivity index (χ2n) is 5.09. The molecule has 1 heterocycles. The lowest BCUT2D eigenvalue weighted by Gasteiger charge is -2.29. The van der Waals surface area contributed by atoms with Gasteiger partial charge in [0.1, 0.15) is 11.4 Å². The Kier molecular flexibility index (Phi) is 4.79. The van der Waals surface area contributed by atoms with E-state index >= 15 is 0 Å². The molecular weight excluding hydrogens is 258 g/mol. The van der Waals surface area contributed by atoms with E-state index in [-0.39, 0.29) is 16.7 Å². The molecular formula is C14H21N3O3. The average molecular weight is 279 g/mol. The van der Waals surface area contributed by atoms with Crippen molar-refractivity contribution in [2.45, 2.75) is 25.8 Å². The Morgan fingerprint density at radius 1 is 1.35 bits per heavy atom. The van der Waals surface area contributed by atoms with E-state index in [1.54, 1.807) is 19.2 Å². The molecule has 1 unspecified atom stereocenters. The van der Waals surface area contributed by atoms with E-state index in [0.29, 0.717) is 17.3 Å². The Balaban J connectivity index is 2.17. The van der Waals surface area contributed by atoms with Gasteiger partial charge in [-0.2, -0.15) is 0 Å². The number of nitro groups is 1. The summed E-state index contributed by atoms with van der Waals surface area (Å²) < 4.78 is 5.35. The third-order valence-electron chi connectivity index (χ3n) is 3.84. The minimum absolute atomic E-state index is 0.105. The quantitative estimate of drug-likeness (QED) is 0.640. The van der Waals surface area contributed by atoms with Crippen LogP contribution in [0.2, 0.25) is 0 Å². The molecule has 1 fully saturated rings. The molecule has 1 aliphatic rings. The van der Waals surface area contributed by atoms with Crippen molar-refractivity contribution in [1.82, 2.24) is 0 Å². The van der Waals surface area contributed by atoms with Gasteiger partial charge in [0.2, 0.25) is 0 Å². The van der Waals surface area contributed by atoms with Crippen LogP contribution in [0.4, 0.5) is 17.1 Å². The number of ether oxygens (including phenoxy) is 1. The van der Waals surface area contributed by atoms with Crippen LogP contribution in [0.15, 0.2) is 18.2 Å². The number of hydrogen-bond acceptors (Lipinski definition) is 5. The minimum Gasteiger partial charge on any atom is -0.382 e. The smallest absolute Gasteiger partial charge is 0.315 e. The summed E-state index contributed by atoms with van der Waals surface area (Å²) in [6.07, 6.45) is 1.99. The summed E-state index contributed by atoms with van der Waals surface area (Å²) in [5.41, 5.74) is 1.20. The number of para-hydroxylation sites is 1. The van der Waals surface area contributed by atoms with Gasteiger partial charge >= 0.3 is 5.69 Å². The van der Waals surface area contributed by atoms with Crippen LogP contribution >= 0.6 is 0 Å². The standard InChI is InChI=1S/C14H21N3O3/c1-10(11-6-8-20-9-7-11)16-13-5-3-4-12(15-2)14(13)17(18)19/h3-5,10-11,15-16H,6-9H2,1-2H3. The van der Waals surface area contributed by atoms with Crippen LogP contribution in [-0.2, 0) is 4.74 Å². The maximum absolute atomic E-state index is 11.3. The molecule has 0 aromatic heterocycles. The van der Waals surface area contributed by atoms with Gasteiger partial charge in [0, 0.05) is 26.3 Å². The first-order valence-electron chi connectivity index (χ1n) is 6.93. The lowest BCUT2D eigenvalue weighted by molar-refractivity contribution is -0.383. The topological polar surface area (TPSA) is 76.4 Å². The van der Waals surface area contributed by atoms with E-state index in [4.69, 9.17) is 4.74 Å². The van der Waals surface area contributed by atoms with Crippen LogP contribution < -0.4 is 10.6 Å². The summed E-state index contributed by atoms with van der Waals surface area (Å²) >= 11 is 0. The molecule has 0 aliphatic carbocycles. The predicted molar refractivity (Wildman–Crippen MR) is 79.3 cm³/mol. The first-order chi connectivity index (χ1) is 9.63. The largest absolute Gasteiger partial charge is 0.382 e. The number of nitrogens with one attached hydrogen (secondary N) is 2. The number of nitrogens with zero attached hydrogens (tertiary/aromatic N) is 1. The molecule has 20 heavy (non-hydrogen) atoms. The van der Waals surface area contributed by atoms with Gasteiger partial charge in [0.25, 0.3) is 0 Å². The number of benzene rings is 1. The zero-order valence-corrected chi connectivity index (χ0v) is 11.9. The summed E-state index contributed by atoms with van der Waals surface area (Å²) in [6.45, 7) is 3.62. The predicted octanol–water partition coefficient (Wildman–Crippen LogP) is 2.86. The number of anilines is 2. The fourth-order valence-corrected chi connectivity index (χ4v) is 2.64. The molecule has 6 nitrogen and oxygen atoms in total. The van der Waals surface area contributed by atoms with Crippen LogP contribution in [-0.4, -0.2) is 31.2 Å². The molecule has 2 rings (SSSR count). The lowest BCUT2D eigenvalue weighted by atomic mass is 9.92. The van der Waals surface area contributed by atoms with Gasteiger partial charge in [0.05, 0.1) is 4.92 Å². The number of rotatable bonds is 5. The summed E-state index contributed by atoms with van der Waals surface area (Å²) in [4.78, 5) is 10.9. The van der Waals surface area contributed by atoms with E-state index in [1.807, 2.05) is 6.07 Å². The van der Waals surface area contributed by atoms with Crippen molar-refractivity contribution in [2.24, 2.45) is 5.92 Å². The van der Waals surface area contributed by atoms with Crippen molar-refractivity contribution in [1.29, 1.82) is 0 Å². The van der Waals surface area contributed by atoms with Crippen molar-refractivity contribution < 1.29 is 9.66 Å². The molecule has 1 aromatic carbocycles. The maximum atomic E-state index is 11.3. The van der Waals surface area contributed by atoms with Gasteiger partial charge < -0.3 is 15.4 Å². The summed E-state index contributed by atoms with van der Waals surface area (Å²) in [6, 6.07) is 5.47. The number of hydrogen-bond donors (Lipinski definition) is 2. The average Bonchev–Trinajstić information content (AvgIpc) is 2.47. The van der Waals surface area contributed by atoms with Gasteiger partial charge in [0.15, 0.2) is 0 Å². The molecule has 6 heteroatoms. The van der Waals surface area contributed by atoms with Gasteiger partial charge in [-0.1, -0.05) is 6.07 Å². The molecule has 0 radical (unpaired) electrons. The van der Waals surface area contributed by atoms with Crippen molar-refractivity contribution in [3.8, 4) is 0 Å². The van der Waals surface area contributed by atoms with Crippen LogP contribution in [0.3, 0.4) is 0 Å². The van der Waals surface area contributed by atoms with E-state index in [2.05, 4.69) is 17.6 Å². The highest BCUT2D eigenvalue weighted by Gasteiger charge is 2.24. The molecule has 2 N–H and O–H groups in total. The third-order valence-corrected chi connectivity index (χ3v) is 3.84. The lowest BCUT2D eigenvalue weighted by Crippen LogP contribution is -2.31. The molecule has 1 aliphatic heterocycles. The van der Waals surface area contributed by atoms with Gasteiger partial charge in [-0.3, -0.25) is 10.1 Å². The van der Waals surface area contributed by atoms with Crippen LogP contribution in [0, 0.1) is 16.0 Å². The highest BCUT2D eigenvalue weighted by molar-refractivity contribution is 5.76. The van der Waals surface area contributed by atoms with Crippen LogP contribution in [0.1, 0.15) is 19.8 Å². The van der Waals surface area contributed by atoms with Crippen molar-refractivity contribution in [2.75, 3.05) is 30.9 Å². The van der Waals surface area contributed by atoms with E-state index < -0.39 is 0 Å². The Labute approximate surface area is 118 Å². The van der Waals surface area contributed by atoms with Crippen molar-refractivity contribution in [3.63, 3.8) is 0 Å². The molecule has 110 valence electrons. The molecule has 0 saturated carbocycles. The van der Waals surface area contributed by atoms with E-state index in [9.17, 15) is 10.1 Å². The summed E-state index contributed by atoms with van der Waals surface area (Å²) in [7, 11) is 1.69. The second kappa shape index (κ2) is 6.56. The Bertz CT molecular complexity index is 473. The SMILES string of the molecule is CNc1cccc(NC(C)C2CCOCC2)c1[N+](=O)[O-]. The summed E-state index contributed by atoms with van der Waals surface area (Å²) in [5, 5.41) is 17.4. The Hall–Kier alpha value is -1.82.